The summed E-state index contributed by atoms with van der Waals surface area (Å²) in [5, 5.41) is 8.96. The Hall–Kier alpha value is -3.65. The Bertz CT molecular complexity index is 1320. The Morgan fingerprint density at radius 3 is 2.44 bits per heavy atom. The van der Waals surface area contributed by atoms with Crippen LogP contribution in [0.3, 0.4) is 0 Å². The fourth-order valence-corrected chi connectivity index (χ4v) is 4.65. The molecule has 4 aromatic rings. The van der Waals surface area contributed by atoms with Crippen LogP contribution in [0.25, 0.3) is 22.3 Å². The summed E-state index contributed by atoms with van der Waals surface area (Å²) in [4.78, 5) is 12.2. The van der Waals surface area contributed by atoms with Crippen LogP contribution in [0, 0.1) is 0 Å². The number of fused-ring (bicyclic) bond motifs is 1. The van der Waals surface area contributed by atoms with Crippen LogP contribution in [0.4, 0.5) is 11.8 Å². The van der Waals surface area contributed by atoms with E-state index in [0.717, 1.165) is 54.3 Å². The highest BCUT2D eigenvalue weighted by Gasteiger charge is 2.24. The third-order valence-electron chi connectivity index (χ3n) is 6.45. The first-order valence-electron chi connectivity index (χ1n) is 12.7. The van der Waals surface area contributed by atoms with Gasteiger partial charge < -0.3 is 20.7 Å². The van der Waals surface area contributed by atoms with E-state index in [1.807, 2.05) is 59.3 Å². The van der Waals surface area contributed by atoms with E-state index in [0.29, 0.717) is 17.4 Å². The van der Waals surface area contributed by atoms with Gasteiger partial charge in [-0.05, 0) is 71.0 Å². The molecular weight excluding hydrogens is 450 g/mol. The Morgan fingerprint density at radius 2 is 1.69 bits per heavy atom. The van der Waals surface area contributed by atoms with Gasteiger partial charge in [-0.1, -0.05) is 36.8 Å². The number of para-hydroxylation sites is 1. The maximum atomic E-state index is 6.63. The summed E-state index contributed by atoms with van der Waals surface area (Å²) in [5.74, 6) is 2.62. The van der Waals surface area contributed by atoms with E-state index < -0.39 is 0 Å². The van der Waals surface area contributed by atoms with Gasteiger partial charge in [0.1, 0.15) is 17.3 Å². The van der Waals surface area contributed by atoms with Gasteiger partial charge >= 0.3 is 0 Å². The second-order valence-electron chi connectivity index (χ2n) is 10.3. The van der Waals surface area contributed by atoms with Gasteiger partial charge in [0.05, 0.1) is 16.6 Å². The molecule has 0 bridgehead atoms. The van der Waals surface area contributed by atoms with Crippen molar-refractivity contribution < 1.29 is 4.74 Å². The molecule has 2 aromatic heterocycles. The SMILES string of the molecule is CC(C)(C)n1nc2nc(NCCN3CCCCC3)nc(-c3cccc(Oc4ccccc4)c3)c2c1N. The van der Waals surface area contributed by atoms with Crippen LogP contribution in [-0.2, 0) is 5.54 Å². The maximum absolute atomic E-state index is 6.63. The van der Waals surface area contributed by atoms with E-state index in [1.54, 1.807) is 0 Å². The number of anilines is 2. The first-order valence-corrected chi connectivity index (χ1v) is 12.7. The minimum atomic E-state index is -0.290. The Kier molecular flexibility index (Phi) is 6.78. The number of piperidine rings is 1. The van der Waals surface area contributed by atoms with Gasteiger partial charge in [-0.15, -0.1) is 5.10 Å². The van der Waals surface area contributed by atoms with Crippen molar-refractivity contribution in [2.75, 3.05) is 37.2 Å². The van der Waals surface area contributed by atoms with Gasteiger partial charge in [-0.2, -0.15) is 4.98 Å². The molecular formula is C28H35N7O. The summed E-state index contributed by atoms with van der Waals surface area (Å²) in [6.07, 6.45) is 3.88. The summed E-state index contributed by atoms with van der Waals surface area (Å²) in [5.41, 5.74) is 8.57. The molecule has 1 fully saturated rings. The topological polar surface area (TPSA) is 94.1 Å². The van der Waals surface area contributed by atoms with Crippen molar-refractivity contribution in [3.8, 4) is 22.8 Å². The standard InChI is InChI=1S/C28H35N7O/c1-28(2,3)35-25(29)23-24(20-11-10-14-22(19-20)36-21-12-6-4-7-13-21)31-27(32-26(23)33-35)30-15-18-34-16-8-5-9-17-34/h4,6-7,10-14,19H,5,8-9,15-18,29H2,1-3H3,(H,30,32,33). The number of ether oxygens (including phenoxy) is 1. The van der Waals surface area contributed by atoms with Gasteiger partial charge in [0.25, 0.3) is 0 Å². The Labute approximate surface area is 212 Å². The van der Waals surface area contributed by atoms with E-state index in [4.69, 9.17) is 25.5 Å². The highest BCUT2D eigenvalue weighted by molar-refractivity contribution is 5.99. The smallest absolute Gasteiger partial charge is 0.225 e. The lowest BCUT2D eigenvalue weighted by molar-refractivity contribution is 0.237. The lowest BCUT2D eigenvalue weighted by Gasteiger charge is -2.26. The molecule has 36 heavy (non-hydrogen) atoms. The van der Waals surface area contributed by atoms with Crippen LogP contribution in [0.1, 0.15) is 40.0 Å². The number of nitrogens with one attached hydrogen (secondary N) is 1. The average molecular weight is 486 g/mol. The molecule has 1 aliphatic heterocycles. The molecule has 188 valence electrons. The van der Waals surface area contributed by atoms with Crippen molar-refractivity contribution in [3.63, 3.8) is 0 Å². The number of nitrogens with two attached hydrogens (primary N) is 1. The third-order valence-corrected chi connectivity index (χ3v) is 6.45. The number of benzene rings is 2. The van der Waals surface area contributed by atoms with Crippen LogP contribution in [0.5, 0.6) is 11.5 Å². The molecule has 0 spiro atoms. The van der Waals surface area contributed by atoms with Crippen LogP contribution in [-0.4, -0.2) is 50.8 Å². The van der Waals surface area contributed by atoms with E-state index in [1.165, 1.54) is 19.3 Å². The van der Waals surface area contributed by atoms with Crippen LogP contribution < -0.4 is 15.8 Å². The Balaban J connectivity index is 1.50. The number of likely N-dealkylation sites (tertiary alicyclic amines) is 1. The van der Waals surface area contributed by atoms with E-state index in [-0.39, 0.29) is 5.54 Å². The lowest BCUT2D eigenvalue weighted by Crippen LogP contribution is -2.33. The van der Waals surface area contributed by atoms with Crippen molar-refractivity contribution in [2.45, 2.75) is 45.6 Å². The van der Waals surface area contributed by atoms with Gasteiger partial charge in [-0.25, -0.2) is 9.67 Å². The number of hydrogen-bond acceptors (Lipinski definition) is 7. The predicted molar refractivity (Wildman–Crippen MR) is 145 cm³/mol. The van der Waals surface area contributed by atoms with Crippen molar-refractivity contribution in [1.82, 2.24) is 24.6 Å². The zero-order valence-corrected chi connectivity index (χ0v) is 21.4. The third kappa shape index (κ3) is 5.28. The molecule has 0 radical (unpaired) electrons. The predicted octanol–water partition coefficient (Wildman–Crippen LogP) is 5.52. The number of rotatable bonds is 7. The quantitative estimate of drug-likeness (QED) is 0.356. The molecule has 1 saturated heterocycles. The second-order valence-corrected chi connectivity index (χ2v) is 10.3. The van der Waals surface area contributed by atoms with E-state index in [2.05, 4.69) is 31.0 Å². The van der Waals surface area contributed by atoms with Crippen molar-refractivity contribution in [1.29, 1.82) is 0 Å². The fourth-order valence-electron chi connectivity index (χ4n) is 4.65. The second kappa shape index (κ2) is 10.1. The number of nitrogens with zero attached hydrogens (tertiary/aromatic N) is 5. The molecule has 0 amide bonds. The molecule has 2 aromatic carbocycles. The maximum Gasteiger partial charge on any atom is 0.225 e. The first kappa shape index (κ1) is 24.1. The molecule has 8 heteroatoms. The van der Waals surface area contributed by atoms with Crippen molar-refractivity contribution >= 4 is 22.8 Å². The zero-order chi connectivity index (χ0) is 25.1. The molecule has 0 atom stereocenters. The van der Waals surface area contributed by atoms with Crippen molar-refractivity contribution in [2.24, 2.45) is 0 Å². The molecule has 8 nitrogen and oxygen atoms in total. The lowest BCUT2D eigenvalue weighted by atomic mass is 10.1. The molecule has 3 heterocycles. The first-order chi connectivity index (χ1) is 17.4. The van der Waals surface area contributed by atoms with Crippen LogP contribution in [0.2, 0.25) is 0 Å². The number of aromatic nitrogens is 4. The normalized spacial score (nSPS) is 14.8. The summed E-state index contributed by atoms with van der Waals surface area (Å²) in [6.45, 7) is 10.3. The van der Waals surface area contributed by atoms with E-state index in [9.17, 15) is 0 Å². The van der Waals surface area contributed by atoms with Crippen LogP contribution >= 0.6 is 0 Å². The van der Waals surface area contributed by atoms with Gasteiger partial charge in [0, 0.05) is 18.7 Å². The summed E-state index contributed by atoms with van der Waals surface area (Å²) < 4.78 is 7.92. The molecule has 0 saturated carbocycles. The fraction of sp³-hybridized carbons (Fsp3) is 0.393. The monoisotopic (exact) mass is 485 g/mol. The highest BCUT2D eigenvalue weighted by atomic mass is 16.5. The molecule has 0 aliphatic carbocycles. The zero-order valence-electron chi connectivity index (χ0n) is 21.4. The van der Waals surface area contributed by atoms with Crippen molar-refractivity contribution in [3.05, 3.63) is 54.6 Å². The van der Waals surface area contributed by atoms with Gasteiger partial charge in [0.2, 0.25) is 5.95 Å². The minimum absolute atomic E-state index is 0.290. The Morgan fingerprint density at radius 1 is 0.944 bits per heavy atom. The number of nitrogen functional groups attached to an aromatic ring is 1. The van der Waals surface area contributed by atoms with Gasteiger partial charge in [0.15, 0.2) is 5.65 Å². The van der Waals surface area contributed by atoms with Crippen LogP contribution in [0.15, 0.2) is 54.6 Å². The molecule has 1 aliphatic rings. The molecule has 0 unspecified atom stereocenters. The molecule has 3 N–H and O–H groups in total. The highest BCUT2D eigenvalue weighted by Crippen LogP contribution is 2.35. The summed E-state index contributed by atoms with van der Waals surface area (Å²) in [6, 6.07) is 17.7. The minimum Gasteiger partial charge on any atom is -0.457 e. The number of hydrogen-bond donors (Lipinski definition) is 2. The average Bonchev–Trinajstić information content (AvgIpc) is 3.22. The largest absolute Gasteiger partial charge is 0.457 e. The summed E-state index contributed by atoms with van der Waals surface area (Å²) in [7, 11) is 0. The van der Waals surface area contributed by atoms with Gasteiger partial charge in [-0.3, -0.25) is 0 Å². The van der Waals surface area contributed by atoms with E-state index >= 15 is 0 Å². The summed E-state index contributed by atoms with van der Waals surface area (Å²) >= 11 is 0. The molecule has 5 rings (SSSR count).